The van der Waals surface area contributed by atoms with Gasteiger partial charge in [-0.1, -0.05) is 57.2 Å². The Labute approximate surface area is 183 Å². The highest BCUT2D eigenvalue weighted by Crippen LogP contribution is 2.44. The van der Waals surface area contributed by atoms with Gasteiger partial charge in [-0.25, -0.2) is 4.39 Å². The summed E-state index contributed by atoms with van der Waals surface area (Å²) in [6.45, 7) is 4.30. The fraction of sp³-hybridized carbons (Fsp3) is 0.760. The molecule has 1 aliphatic heterocycles. The molecular weight excluding hydrogens is 398 g/mol. The van der Waals surface area contributed by atoms with E-state index in [1.54, 1.807) is 6.92 Å². The molecule has 0 spiro atoms. The quantitative estimate of drug-likeness (QED) is 0.324. The third-order valence-corrected chi connectivity index (χ3v) is 10.5. The Balaban J connectivity index is 1.48. The second-order valence-corrected chi connectivity index (χ2v) is 12.4. The van der Waals surface area contributed by atoms with Crippen LogP contribution in [0, 0.1) is 29.4 Å². The summed E-state index contributed by atoms with van der Waals surface area (Å²) in [6.07, 6.45) is 10.1. The van der Waals surface area contributed by atoms with E-state index in [-0.39, 0.29) is 32.6 Å². The first-order valence-corrected chi connectivity index (χ1v) is 14.3. The molecule has 1 unspecified atom stereocenters. The topological polar surface area (TPSA) is 29.5 Å². The summed E-state index contributed by atoms with van der Waals surface area (Å²) in [7, 11) is -0.0941. The van der Waals surface area contributed by atoms with Gasteiger partial charge < -0.3 is 9.84 Å². The Morgan fingerprint density at radius 1 is 0.967 bits per heavy atom. The van der Waals surface area contributed by atoms with Crippen molar-refractivity contribution in [1.82, 2.24) is 0 Å². The Morgan fingerprint density at radius 2 is 1.63 bits per heavy atom. The van der Waals surface area contributed by atoms with Crippen LogP contribution in [-0.4, -0.2) is 20.5 Å². The van der Waals surface area contributed by atoms with Crippen LogP contribution >= 0.6 is 0 Å². The van der Waals surface area contributed by atoms with Gasteiger partial charge in [-0.05, 0) is 62.5 Å². The van der Waals surface area contributed by atoms with Crippen LogP contribution in [0.5, 0.6) is 5.75 Å². The van der Waals surface area contributed by atoms with Crippen molar-refractivity contribution in [2.24, 2.45) is 17.8 Å². The van der Waals surface area contributed by atoms with Crippen molar-refractivity contribution >= 4 is 8.80 Å². The molecule has 0 amide bonds. The smallest absolute Gasteiger partial charge is 0.200 e. The Kier molecular flexibility index (Phi) is 9.18. The van der Waals surface area contributed by atoms with E-state index in [9.17, 15) is 13.9 Å². The van der Waals surface area contributed by atoms with E-state index in [1.165, 1.54) is 62.4 Å². The fourth-order valence-corrected chi connectivity index (χ4v) is 8.68. The molecule has 30 heavy (non-hydrogen) atoms. The van der Waals surface area contributed by atoms with Gasteiger partial charge in [-0.3, -0.25) is 0 Å². The third-order valence-electron chi connectivity index (χ3n) is 7.50. The summed E-state index contributed by atoms with van der Waals surface area (Å²) in [5.74, 6) is -0.397. The first kappa shape index (κ1) is 23.7. The van der Waals surface area contributed by atoms with Crippen molar-refractivity contribution in [3.8, 4) is 5.75 Å². The lowest BCUT2D eigenvalue weighted by atomic mass is 9.72. The molecule has 2 aliphatic rings. The molecule has 0 bridgehead atoms. The van der Waals surface area contributed by atoms with Gasteiger partial charge in [0.15, 0.2) is 11.6 Å². The van der Waals surface area contributed by atoms with Crippen molar-refractivity contribution in [2.45, 2.75) is 95.9 Å². The highest BCUT2D eigenvalue weighted by Gasteiger charge is 2.34. The van der Waals surface area contributed by atoms with Crippen LogP contribution in [0.3, 0.4) is 0 Å². The summed E-state index contributed by atoms with van der Waals surface area (Å²) >= 11 is 0. The molecule has 2 nitrogen and oxygen atoms in total. The Hall–Kier alpha value is -0.943. The number of aliphatic hydroxyl groups excluding tert-OH is 1. The van der Waals surface area contributed by atoms with Crippen LogP contribution in [0.4, 0.5) is 8.78 Å². The largest absolute Gasteiger partial charge is 0.491 e. The third kappa shape index (κ3) is 5.85. The maximum atomic E-state index is 14.5. The predicted octanol–water partition coefficient (Wildman–Crippen LogP) is 7.30. The van der Waals surface area contributed by atoms with Crippen LogP contribution in [-0.2, 0) is 0 Å². The molecule has 3 rings (SSSR count). The van der Waals surface area contributed by atoms with E-state index in [0.717, 1.165) is 37.5 Å². The summed E-state index contributed by atoms with van der Waals surface area (Å²) in [6, 6.07) is 7.40. The van der Waals surface area contributed by atoms with Crippen LogP contribution in [0.25, 0.3) is 0 Å². The standard InChI is InChI=1S/C25H39F2O2Si/c1-3-5-6-15-30-16-13-19(14-17-30)18-7-9-20(10-8-18)25(28)21-11-12-22(29-4-2)24(27)23(21)26/h11-12,18-20,25,28H,3-10,13-17H2,1-2H3. The van der Waals surface area contributed by atoms with Crippen molar-refractivity contribution in [1.29, 1.82) is 0 Å². The van der Waals surface area contributed by atoms with E-state index in [2.05, 4.69) is 6.92 Å². The van der Waals surface area contributed by atoms with Gasteiger partial charge in [0.1, 0.15) is 0 Å². The summed E-state index contributed by atoms with van der Waals surface area (Å²) in [5, 5.41) is 10.8. The highest BCUT2D eigenvalue weighted by atomic mass is 28.3. The minimum absolute atomic E-state index is 0.0188. The molecule has 0 aromatic heterocycles. The molecular formula is C25H39F2O2Si. The number of rotatable bonds is 9. The minimum Gasteiger partial charge on any atom is -0.491 e. The minimum atomic E-state index is -0.985. The van der Waals surface area contributed by atoms with Crippen molar-refractivity contribution < 1.29 is 18.6 Å². The van der Waals surface area contributed by atoms with E-state index in [4.69, 9.17) is 4.74 Å². The lowest BCUT2D eigenvalue weighted by molar-refractivity contribution is 0.0593. The number of ether oxygens (including phenoxy) is 1. The first-order chi connectivity index (χ1) is 14.5. The van der Waals surface area contributed by atoms with Gasteiger partial charge in [0.05, 0.1) is 12.7 Å². The summed E-state index contributed by atoms with van der Waals surface area (Å²) in [4.78, 5) is 0. The maximum absolute atomic E-state index is 14.5. The molecule has 1 aliphatic carbocycles. The zero-order valence-corrected chi connectivity index (χ0v) is 19.8. The molecule has 1 aromatic carbocycles. The van der Waals surface area contributed by atoms with Gasteiger partial charge in [0.2, 0.25) is 5.82 Å². The van der Waals surface area contributed by atoms with Crippen LogP contribution in [0.15, 0.2) is 12.1 Å². The van der Waals surface area contributed by atoms with Gasteiger partial charge >= 0.3 is 0 Å². The monoisotopic (exact) mass is 437 g/mol. The maximum Gasteiger partial charge on any atom is 0.200 e. The average Bonchev–Trinajstić information content (AvgIpc) is 2.78. The van der Waals surface area contributed by atoms with Gasteiger partial charge in [0, 0.05) is 14.4 Å². The van der Waals surface area contributed by atoms with Gasteiger partial charge in [-0.15, -0.1) is 0 Å². The first-order valence-electron chi connectivity index (χ1n) is 12.2. The van der Waals surface area contributed by atoms with E-state index in [0.29, 0.717) is 0 Å². The zero-order valence-electron chi connectivity index (χ0n) is 18.8. The molecule has 2 fully saturated rings. The van der Waals surface area contributed by atoms with Crippen molar-refractivity contribution in [3.63, 3.8) is 0 Å². The highest BCUT2D eigenvalue weighted by molar-refractivity contribution is 6.58. The normalized spacial score (nSPS) is 24.7. The average molecular weight is 438 g/mol. The second kappa shape index (κ2) is 11.6. The second-order valence-electron chi connectivity index (χ2n) is 9.38. The molecule has 1 N–H and O–H groups in total. The SMILES string of the molecule is CCCCC[Si]1CCC(C2CCC(C(O)c3ccc(OCC)c(F)c3F)CC2)CC1. The zero-order chi connectivity index (χ0) is 21.5. The molecule has 1 saturated heterocycles. The summed E-state index contributed by atoms with van der Waals surface area (Å²) in [5.41, 5.74) is 0.0800. The van der Waals surface area contributed by atoms with Gasteiger partial charge in [0.25, 0.3) is 0 Å². The molecule has 5 heteroatoms. The lowest BCUT2D eigenvalue weighted by Gasteiger charge is -2.38. The molecule has 1 saturated carbocycles. The number of benzene rings is 1. The number of unbranched alkanes of at least 4 members (excludes halogenated alkanes) is 2. The van der Waals surface area contributed by atoms with Crippen LogP contribution in [0.1, 0.15) is 83.3 Å². The lowest BCUT2D eigenvalue weighted by Crippen LogP contribution is -2.29. The molecule has 1 radical (unpaired) electrons. The summed E-state index contributed by atoms with van der Waals surface area (Å²) < 4.78 is 33.8. The predicted molar refractivity (Wildman–Crippen MR) is 120 cm³/mol. The van der Waals surface area contributed by atoms with E-state index >= 15 is 0 Å². The molecule has 169 valence electrons. The van der Waals surface area contributed by atoms with Crippen LogP contribution in [0.2, 0.25) is 18.1 Å². The van der Waals surface area contributed by atoms with E-state index in [1.807, 2.05) is 0 Å². The number of hydrogen-bond acceptors (Lipinski definition) is 2. The van der Waals surface area contributed by atoms with Crippen LogP contribution < -0.4 is 4.74 Å². The number of aliphatic hydroxyl groups is 1. The van der Waals surface area contributed by atoms with Crippen molar-refractivity contribution in [3.05, 3.63) is 29.3 Å². The van der Waals surface area contributed by atoms with Gasteiger partial charge in [-0.2, -0.15) is 4.39 Å². The molecule has 1 atom stereocenters. The molecule has 1 aromatic rings. The number of hydrogen-bond donors (Lipinski definition) is 1. The van der Waals surface area contributed by atoms with Crippen molar-refractivity contribution in [2.75, 3.05) is 6.61 Å². The fourth-order valence-electron chi connectivity index (χ4n) is 5.62. The Morgan fingerprint density at radius 3 is 2.27 bits per heavy atom. The number of halogens is 2. The Bertz CT molecular complexity index is 653. The van der Waals surface area contributed by atoms with E-state index < -0.39 is 17.7 Å². The molecule has 1 heterocycles.